The predicted molar refractivity (Wildman–Crippen MR) is 59.8 cm³/mol. The van der Waals surface area contributed by atoms with E-state index in [9.17, 15) is 17.6 Å². The van der Waals surface area contributed by atoms with E-state index in [1.54, 1.807) is 0 Å². The van der Waals surface area contributed by atoms with Crippen LogP contribution >= 0.6 is 11.6 Å². The summed E-state index contributed by atoms with van der Waals surface area (Å²) in [6.45, 7) is 0. The Hall–Kier alpha value is -1.83. The van der Waals surface area contributed by atoms with Gasteiger partial charge in [0.15, 0.2) is 5.82 Å². The lowest BCUT2D eigenvalue weighted by Gasteiger charge is -2.08. The highest BCUT2D eigenvalue weighted by Crippen LogP contribution is 2.32. The first kappa shape index (κ1) is 14.2. The van der Waals surface area contributed by atoms with Crippen LogP contribution in [0, 0.1) is 5.82 Å². The summed E-state index contributed by atoms with van der Waals surface area (Å²) in [7, 11) is 0. The molecule has 98 valence electrons. The first-order valence-electron chi connectivity index (χ1n) is 4.40. The number of nitrogens with zero attached hydrogens (tertiary/aromatic N) is 2. The van der Waals surface area contributed by atoms with Gasteiger partial charge in [-0.3, -0.25) is 0 Å². The summed E-state index contributed by atoms with van der Waals surface area (Å²) in [5, 5.41) is 5.68. The average Bonchev–Trinajstić information content (AvgIpc) is 2.22. The van der Waals surface area contributed by atoms with E-state index in [0.717, 1.165) is 6.21 Å². The maximum absolute atomic E-state index is 13.4. The summed E-state index contributed by atoms with van der Waals surface area (Å²) < 4.78 is 50.7. The molecule has 0 fully saturated rings. The molecule has 0 aliphatic carbocycles. The number of guanidine groups is 1. The highest BCUT2D eigenvalue weighted by molar-refractivity contribution is 6.31. The Morgan fingerprint density at radius 1 is 1.28 bits per heavy atom. The Balaban J connectivity index is 3.23. The molecule has 1 aromatic carbocycles. The zero-order valence-electron chi connectivity index (χ0n) is 8.67. The van der Waals surface area contributed by atoms with E-state index >= 15 is 0 Å². The predicted octanol–water partition coefficient (Wildman–Crippen LogP) is 2.11. The molecule has 4 N–H and O–H groups in total. The van der Waals surface area contributed by atoms with E-state index in [1.165, 1.54) is 0 Å². The molecule has 1 rings (SSSR count). The van der Waals surface area contributed by atoms with Gasteiger partial charge in [0.25, 0.3) is 0 Å². The Morgan fingerprint density at radius 2 is 1.89 bits per heavy atom. The lowest BCUT2D eigenvalue weighted by Crippen LogP contribution is -2.21. The van der Waals surface area contributed by atoms with Gasteiger partial charge in [0.05, 0.1) is 16.8 Å². The third kappa shape index (κ3) is 3.59. The molecule has 0 spiro atoms. The second-order valence-corrected chi connectivity index (χ2v) is 3.54. The van der Waals surface area contributed by atoms with Gasteiger partial charge in [0, 0.05) is 5.56 Å². The van der Waals surface area contributed by atoms with Crippen molar-refractivity contribution in [1.29, 1.82) is 0 Å². The molecule has 1 aromatic rings. The SMILES string of the molecule is NC(N)=NN=Cc1cc(C(F)(F)F)cc(Cl)c1F. The maximum atomic E-state index is 13.4. The van der Waals surface area contributed by atoms with Crippen LogP contribution in [0.25, 0.3) is 0 Å². The topological polar surface area (TPSA) is 76.8 Å². The number of benzene rings is 1. The second-order valence-electron chi connectivity index (χ2n) is 3.13. The summed E-state index contributed by atoms with van der Waals surface area (Å²) in [5.74, 6) is -1.45. The van der Waals surface area contributed by atoms with Crippen LogP contribution in [-0.2, 0) is 6.18 Å². The first-order valence-corrected chi connectivity index (χ1v) is 4.78. The molecule has 9 heteroatoms. The van der Waals surface area contributed by atoms with E-state index in [2.05, 4.69) is 10.2 Å². The Bertz CT molecular complexity index is 506. The van der Waals surface area contributed by atoms with Crippen molar-refractivity contribution < 1.29 is 17.6 Å². The normalized spacial score (nSPS) is 11.8. The first-order chi connectivity index (χ1) is 8.21. The minimum Gasteiger partial charge on any atom is -0.369 e. The van der Waals surface area contributed by atoms with Gasteiger partial charge < -0.3 is 11.5 Å². The lowest BCUT2D eigenvalue weighted by molar-refractivity contribution is -0.137. The van der Waals surface area contributed by atoms with Crippen LogP contribution in [0.5, 0.6) is 0 Å². The highest BCUT2D eigenvalue weighted by atomic mass is 35.5. The summed E-state index contributed by atoms with van der Waals surface area (Å²) in [6.07, 6.45) is -3.91. The van der Waals surface area contributed by atoms with Crippen LogP contribution in [0.4, 0.5) is 17.6 Å². The average molecular weight is 283 g/mol. The van der Waals surface area contributed by atoms with Crippen molar-refractivity contribution in [2.45, 2.75) is 6.18 Å². The van der Waals surface area contributed by atoms with Gasteiger partial charge in [-0.2, -0.15) is 18.3 Å². The van der Waals surface area contributed by atoms with Crippen LogP contribution in [-0.4, -0.2) is 12.2 Å². The van der Waals surface area contributed by atoms with Crippen LogP contribution in [0.1, 0.15) is 11.1 Å². The van der Waals surface area contributed by atoms with Gasteiger partial charge in [-0.15, -0.1) is 5.10 Å². The van der Waals surface area contributed by atoms with Crippen molar-refractivity contribution in [2.75, 3.05) is 0 Å². The summed E-state index contributed by atoms with van der Waals surface area (Å²) >= 11 is 5.34. The molecule has 4 nitrogen and oxygen atoms in total. The van der Waals surface area contributed by atoms with Crippen LogP contribution in [0.15, 0.2) is 22.3 Å². The maximum Gasteiger partial charge on any atom is 0.416 e. The fourth-order valence-electron chi connectivity index (χ4n) is 1.03. The number of alkyl halides is 3. The molecule has 0 aromatic heterocycles. The third-order valence-corrected chi connectivity index (χ3v) is 2.03. The summed E-state index contributed by atoms with van der Waals surface area (Å²) in [4.78, 5) is 0. The molecule has 18 heavy (non-hydrogen) atoms. The quantitative estimate of drug-likeness (QED) is 0.377. The summed E-state index contributed by atoms with van der Waals surface area (Å²) in [5.41, 5.74) is 8.31. The molecule has 0 amide bonds. The molecular weight excluding hydrogens is 276 g/mol. The van der Waals surface area contributed by atoms with Crippen molar-refractivity contribution in [2.24, 2.45) is 21.7 Å². The van der Waals surface area contributed by atoms with Crippen LogP contribution in [0.3, 0.4) is 0 Å². The minimum atomic E-state index is -4.64. The molecule has 0 bridgehead atoms. The number of halogens is 5. The van der Waals surface area contributed by atoms with Gasteiger partial charge in [-0.1, -0.05) is 11.6 Å². The zero-order chi connectivity index (χ0) is 13.9. The van der Waals surface area contributed by atoms with Crippen molar-refractivity contribution in [3.05, 3.63) is 34.1 Å². The van der Waals surface area contributed by atoms with E-state index in [-0.39, 0.29) is 0 Å². The number of hydrogen-bond donors (Lipinski definition) is 2. The smallest absolute Gasteiger partial charge is 0.369 e. The largest absolute Gasteiger partial charge is 0.416 e. The molecular formula is C9H7ClF4N4. The van der Waals surface area contributed by atoms with Crippen molar-refractivity contribution in [3.63, 3.8) is 0 Å². The second kappa shape index (κ2) is 5.21. The van der Waals surface area contributed by atoms with Gasteiger partial charge in [0.2, 0.25) is 5.96 Å². The van der Waals surface area contributed by atoms with Crippen molar-refractivity contribution in [3.8, 4) is 0 Å². The van der Waals surface area contributed by atoms with Gasteiger partial charge >= 0.3 is 6.18 Å². The van der Waals surface area contributed by atoms with E-state index in [0.29, 0.717) is 12.1 Å². The third-order valence-electron chi connectivity index (χ3n) is 1.75. The van der Waals surface area contributed by atoms with Gasteiger partial charge in [0.1, 0.15) is 0 Å². The van der Waals surface area contributed by atoms with E-state index in [4.69, 9.17) is 23.1 Å². The molecule has 0 aliphatic rings. The molecule has 0 aliphatic heterocycles. The van der Waals surface area contributed by atoms with Crippen molar-refractivity contribution in [1.82, 2.24) is 0 Å². The Labute approximate surface area is 104 Å². The highest BCUT2D eigenvalue weighted by Gasteiger charge is 2.32. The van der Waals surface area contributed by atoms with Crippen molar-refractivity contribution >= 4 is 23.8 Å². The van der Waals surface area contributed by atoms with Gasteiger partial charge in [-0.25, -0.2) is 4.39 Å². The molecule has 0 heterocycles. The summed E-state index contributed by atoms with van der Waals surface area (Å²) in [6, 6.07) is 1.03. The van der Waals surface area contributed by atoms with Crippen LogP contribution in [0.2, 0.25) is 5.02 Å². The number of hydrogen-bond acceptors (Lipinski definition) is 2. The van der Waals surface area contributed by atoms with E-state index < -0.39 is 34.1 Å². The fraction of sp³-hybridized carbons (Fsp3) is 0.111. The molecule has 0 saturated carbocycles. The fourth-order valence-corrected chi connectivity index (χ4v) is 1.25. The molecule has 0 radical (unpaired) electrons. The van der Waals surface area contributed by atoms with Crippen LogP contribution < -0.4 is 11.5 Å². The lowest BCUT2D eigenvalue weighted by atomic mass is 10.1. The number of nitrogens with two attached hydrogens (primary N) is 2. The molecule has 0 saturated heterocycles. The monoisotopic (exact) mass is 282 g/mol. The Morgan fingerprint density at radius 3 is 2.39 bits per heavy atom. The van der Waals surface area contributed by atoms with Gasteiger partial charge in [-0.05, 0) is 12.1 Å². The Kier molecular flexibility index (Phi) is 4.12. The number of rotatable bonds is 2. The molecule has 0 unspecified atom stereocenters. The zero-order valence-corrected chi connectivity index (χ0v) is 9.43. The minimum absolute atomic E-state index is 0.412. The van der Waals surface area contributed by atoms with E-state index in [1.807, 2.05) is 0 Å². The standard InChI is InChI=1S/C9H7ClF4N4/c10-6-2-5(9(12,13)14)1-4(7(6)11)3-17-18-8(15)16/h1-3H,(H4,15,16,18). The molecule has 0 atom stereocenters.